The van der Waals surface area contributed by atoms with Crippen LogP contribution in [0.1, 0.15) is 6.92 Å². The fourth-order valence-corrected chi connectivity index (χ4v) is 0. The van der Waals surface area contributed by atoms with Crippen molar-refractivity contribution in [2.24, 2.45) is 5.73 Å². The molecule has 0 radical (unpaired) electrons. The summed E-state index contributed by atoms with van der Waals surface area (Å²) in [5.74, 6) is 0.241. The lowest BCUT2D eigenvalue weighted by molar-refractivity contribution is -0.113. The molecular formula is C5H10ClNO. The van der Waals surface area contributed by atoms with E-state index in [9.17, 15) is 4.79 Å². The Bertz CT molecular complexity index is 72.8. The fraction of sp³-hybridized carbons (Fsp3) is 0.400. The van der Waals surface area contributed by atoms with Crippen LogP contribution in [0.4, 0.5) is 0 Å². The highest BCUT2D eigenvalue weighted by atomic mass is 35.5. The van der Waals surface area contributed by atoms with Gasteiger partial charge in [-0.3, -0.25) is 4.79 Å². The Kier molecular flexibility index (Phi) is 12.7. The third-order valence-corrected chi connectivity index (χ3v) is 0.201. The van der Waals surface area contributed by atoms with Crippen LogP contribution in [0, 0.1) is 0 Å². The average Bonchev–Trinajstić information content (AvgIpc) is 1.69. The first-order chi connectivity index (χ1) is 3.68. The van der Waals surface area contributed by atoms with Crippen molar-refractivity contribution in [3.8, 4) is 0 Å². The Morgan fingerprint density at radius 1 is 2.00 bits per heavy atom. The topological polar surface area (TPSA) is 43.1 Å². The molecule has 0 aliphatic heterocycles. The first-order valence-electron chi connectivity index (χ1n) is 2.16. The maximum absolute atomic E-state index is 9.47. The molecule has 0 aliphatic rings. The number of alkyl halides is 1. The van der Waals surface area contributed by atoms with E-state index < -0.39 is 5.91 Å². The monoisotopic (exact) mass is 135 g/mol. The maximum atomic E-state index is 9.47. The molecule has 2 nitrogen and oxygen atoms in total. The van der Waals surface area contributed by atoms with Crippen LogP contribution < -0.4 is 5.73 Å². The van der Waals surface area contributed by atoms with Gasteiger partial charge in [0.1, 0.15) is 0 Å². The van der Waals surface area contributed by atoms with Gasteiger partial charge in [0.25, 0.3) is 0 Å². The van der Waals surface area contributed by atoms with E-state index >= 15 is 0 Å². The van der Waals surface area contributed by atoms with Crippen molar-refractivity contribution in [1.29, 1.82) is 0 Å². The van der Waals surface area contributed by atoms with Crippen LogP contribution in [0.5, 0.6) is 0 Å². The van der Waals surface area contributed by atoms with Crippen LogP contribution in [0.3, 0.4) is 0 Å². The average molecular weight is 136 g/mol. The molecule has 0 bridgehead atoms. The Morgan fingerprint density at radius 2 is 2.12 bits per heavy atom. The minimum Gasteiger partial charge on any atom is -0.366 e. The number of hydrogen-bond acceptors (Lipinski definition) is 1. The predicted molar refractivity (Wildman–Crippen MR) is 35.8 cm³/mol. The Labute approximate surface area is 54.3 Å². The summed E-state index contributed by atoms with van der Waals surface area (Å²) in [6, 6.07) is 0. The Hall–Kier alpha value is -0.500. The number of amides is 1. The molecule has 1 amide bonds. The van der Waals surface area contributed by atoms with Gasteiger partial charge in [0, 0.05) is 5.88 Å². The summed E-state index contributed by atoms with van der Waals surface area (Å²) in [5, 5.41) is 0. The molecular weight excluding hydrogens is 126 g/mol. The molecule has 48 valence electrons. The zero-order valence-electron chi connectivity index (χ0n) is 4.86. The lowest BCUT2D eigenvalue weighted by Crippen LogP contribution is -2.04. The highest BCUT2D eigenvalue weighted by Gasteiger charge is 1.69. The second-order valence-electron chi connectivity index (χ2n) is 0.874. The molecule has 0 aromatic heterocycles. The predicted octanol–water partition coefficient (Wildman–Crippen LogP) is 0.903. The summed E-state index contributed by atoms with van der Waals surface area (Å²) in [6.07, 6.45) is 1.06. The molecule has 8 heavy (non-hydrogen) atoms. The van der Waals surface area contributed by atoms with Gasteiger partial charge in [0.15, 0.2) is 0 Å². The van der Waals surface area contributed by atoms with Crippen molar-refractivity contribution in [2.45, 2.75) is 6.92 Å². The molecule has 0 rings (SSSR count). The number of carbonyl (C=O) groups is 1. The van der Waals surface area contributed by atoms with E-state index in [0.29, 0.717) is 0 Å². The van der Waals surface area contributed by atoms with Gasteiger partial charge in [0.05, 0.1) is 0 Å². The van der Waals surface area contributed by atoms with Crippen LogP contribution in [-0.2, 0) is 4.79 Å². The molecule has 0 fully saturated rings. The van der Waals surface area contributed by atoms with Crippen molar-refractivity contribution in [2.75, 3.05) is 5.88 Å². The lowest BCUT2D eigenvalue weighted by atomic mass is 10.6. The first-order valence-corrected chi connectivity index (χ1v) is 2.70. The molecule has 0 aliphatic carbocycles. The van der Waals surface area contributed by atoms with Crippen molar-refractivity contribution in [3.05, 3.63) is 12.7 Å². The number of nitrogens with two attached hydrogens (primary N) is 1. The number of carbonyl (C=O) groups excluding carboxylic acids is 1. The van der Waals surface area contributed by atoms with Gasteiger partial charge in [-0.25, -0.2) is 0 Å². The first kappa shape index (κ1) is 10.5. The SMILES string of the molecule is C=CC(N)=O.CCCl. The van der Waals surface area contributed by atoms with Crippen LogP contribution >= 0.6 is 11.6 Å². The van der Waals surface area contributed by atoms with Crippen LogP contribution in [0.25, 0.3) is 0 Å². The van der Waals surface area contributed by atoms with Crippen LogP contribution in [-0.4, -0.2) is 11.8 Å². The molecule has 0 aromatic rings. The van der Waals surface area contributed by atoms with Crippen molar-refractivity contribution >= 4 is 17.5 Å². The highest BCUT2D eigenvalue weighted by molar-refractivity contribution is 6.17. The van der Waals surface area contributed by atoms with Gasteiger partial charge in [-0.1, -0.05) is 13.5 Å². The Balaban J connectivity index is 0. The van der Waals surface area contributed by atoms with E-state index in [1.54, 1.807) is 0 Å². The molecule has 3 heteroatoms. The zero-order chi connectivity index (χ0) is 6.99. The lowest BCUT2D eigenvalue weighted by Gasteiger charge is -1.65. The molecule has 0 atom stereocenters. The van der Waals surface area contributed by atoms with Gasteiger partial charge in [-0.05, 0) is 6.08 Å². The number of halogens is 1. The third-order valence-electron chi connectivity index (χ3n) is 0.201. The normalized spacial score (nSPS) is 6.25. The van der Waals surface area contributed by atoms with E-state index in [1.165, 1.54) is 0 Å². The zero-order valence-corrected chi connectivity index (χ0v) is 5.61. The summed E-state index contributed by atoms with van der Waals surface area (Å²) in [5.41, 5.74) is 4.53. The number of rotatable bonds is 1. The molecule has 0 saturated carbocycles. The van der Waals surface area contributed by atoms with Crippen molar-refractivity contribution < 1.29 is 4.79 Å². The number of hydrogen-bond donors (Lipinski definition) is 1. The summed E-state index contributed by atoms with van der Waals surface area (Å²) >= 11 is 5.00. The molecule has 0 heterocycles. The van der Waals surface area contributed by atoms with Crippen molar-refractivity contribution in [3.63, 3.8) is 0 Å². The van der Waals surface area contributed by atoms with Crippen molar-refractivity contribution in [1.82, 2.24) is 0 Å². The van der Waals surface area contributed by atoms with E-state index in [1.807, 2.05) is 6.92 Å². The minimum absolute atomic E-state index is 0.481. The summed E-state index contributed by atoms with van der Waals surface area (Å²) in [6.45, 7) is 4.98. The molecule has 0 saturated heterocycles. The van der Waals surface area contributed by atoms with E-state index in [-0.39, 0.29) is 0 Å². The van der Waals surface area contributed by atoms with Crippen LogP contribution in [0.2, 0.25) is 0 Å². The second-order valence-corrected chi connectivity index (χ2v) is 1.41. The van der Waals surface area contributed by atoms with Gasteiger partial charge < -0.3 is 5.73 Å². The highest BCUT2D eigenvalue weighted by Crippen LogP contribution is 1.59. The fourth-order valence-electron chi connectivity index (χ4n) is 0. The van der Waals surface area contributed by atoms with Gasteiger partial charge >= 0.3 is 0 Å². The molecule has 2 N–H and O–H groups in total. The summed E-state index contributed by atoms with van der Waals surface area (Å²) in [4.78, 5) is 9.47. The smallest absolute Gasteiger partial charge is 0.240 e. The third kappa shape index (κ3) is 49.5. The standard InChI is InChI=1S/C3H5NO.C2H5Cl/c1-2-3(4)5;1-2-3/h2H,1H2,(H2,4,5);2H2,1H3. The Morgan fingerprint density at radius 3 is 2.12 bits per heavy atom. The molecule has 0 aromatic carbocycles. The van der Waals surface area contributed by atoms with Gasteiger partial charge in [0.2, 0.25) is 5.91 Å². The van der Waals surface area contributed by atoms with Gasteiger partial charge in [-0.15, -0.1) is 11.6 Å². The quantitative estimate of drug-likeness (QED) is 0.422. The minimum atomic E-state index is -0.481. The van der Waals surface area contributed by atoms with Crippen LogP contribution in [0.15, 0.2) is 12.7 Å². The second kappa shape index (κ2) is 9.71. The molecule has 0 spiro atoms. The summed E-state index contributed by atoms with van der Waals surface area (Å²) in [7, 11) is 0. The largest absolute Gasteiger partial charge is 0.366 e. The van der Waals surface area contributed by atoms with E-state index in [4.69, 9.17) is 11.6 Å². The molecule has 0 unspecified atom stereocenters. The number of primary amides is 1. The van der Waals surface area contributed by atoms with E-state index in [2.05, 4.69) is 12.3 Å². The van der Waals surface area contributed by atoms with Gasteiger partial charge in [-0.2, -0.15) is 0 Å². The summed E-state index contributed by atoms with van der Waals surface area (Å²) < 4.78 is 0. The van der Waals surface area contributed by atoms with E-state index in [0.717, 1.165) is 12.0 Å². The maximum Gasteiger partial charge on any atom is 0.240 e.